The summed E-state index contributed by atoms with van der Waals surface area (Å²) in [4.78, 5) is 23.6. The van der Waals surface area contributed by atoms with E-state index in [2.05, 4.69) is 0 Å². The van der Waals surface area contributed by atoms with Gasteiger partial charge in [-0.25, -0.2) is 4.79 Å². The second kappa shape index (κ2) is 5.14. The molecule has 0 spiro atoms. The zero-order valence-electron chi connectivity index (χ0n) is 9.49. The first-order chi connectivity index (χ1) is 7.16. The van der Waals surface area contributed by atoms with Crippen molar-refractivity contribution in [1.29, 1.82) is 0 Å². The van der Waals surface area contributed by atoms with Gasteiger partial charge in [0.2, 0.25) is 0 Å². The number of unbranched alkanes of at least 4 members (excludes halogenated alkanes) is 1. The molecule has 0 bridgehead atoms. The van der Waals surface area contributed by atoms with Gasteiger partial charge in [-0.15, -0.1) is 0 Å². The fraction of sp³-hybridized carbons (Fsp3) is 0.818. The summed E-state index contributed by atoms with van der Waals surface area (Å²) < 4.78 is 5.09. The summed E-state index contributed by atoms with van der Waals surface area (Å²) in [6.45, 7) is 2.52. The van der Waals surface area contributed by atoms with Crippen LogP contribution in [0.1, 0.15) is 39.0 Å². The minimum absolute atomic E-state index is 0.231. The van der Waals surface area contributed by atoms with Gasteiger partial charge in [0.25, 0.3) is 0 Å². The van der Waals surface area contributed by atoms with E-state index >= 15 is 0 Å². The summed E-state index contributed by atoms with van der Waals surface area (Å²) in [7, 11) is 1.71. The number of ether oxygens (including phenoxy) is 1. The minimum Gasteiger partial charge on any atom is -0.449 e. The number of hydrogen-bond donors (Lipinski definition) is 0. The van der Waals surface area contributed by atoms with Gasteiger partial charge in [0.15, 0.2) is 0 Å². The van der Waals surface area contributed by atoms with Crippen LogP contribution < -0.4 is 0 Å². The largest absolute Gasteiger partial charge is 0.449 e. The average molecular weight is 213 g/mol. The number of carbonyl (C=O) groups is 2. The third-order valence-electron chi connectivity index (χ3n) is 3.00. The molecule has 0 aromatic heterocycles. The predicted molar refractivity (Wildman–Crippen MR) is 56.7 cm³/mol. The van der Waals surface area contributed by atoms with Gasteiger partial charge in [0, 0.05) is 13.5 Å². The molecule has 0 heterocycles. The Morgan fingerprint density at radius 3 is 2.67 bits per heavy atom. The summed E-state index contributed by atoms with van der Waals surface area (Å²) in [5.41, 5.74) is -0.231. The molecule has 86 valence electrons. The van der Waals surface area contributed by atoms with E-state index in [4.69, 9.17) is 4.74 Å². The zero-order chi connectivity index (χ0) is 11.3. The van der Waals surface area contributed by atoms with E-state index in [0.29, 0.717) is 13.0 Å². The smallest absolute Gasteiger partial charge is 0.409 e. The summed E-state index contributed by atoms with van der Waals surface area (Å²) >= 11 is 0. The number of nitrogens with zero attached hydrogens (tertiary/aromatic N) is 1. The Balaban J connectivity index is 2.35. The van der Waals surface area contributed by atoms with Crippen molar-refractivity contribution in [1.82, 2.24) is 4.90 Å². The van der Waals surface area contributed by atoms with Crippen molar-refractivity contribution in [2.24, 2.45) is 0 Å². The summed E-state index contributed by atoms with van der Waals surface area (Å²) in [6.07, 6.45) is 4.71. The molecular formula is C11H19NO3. The van der Waals surface area contributed by atoms with Crippen molar-refractivity contribution < 1.29 is 14.3 Å². The lowest BCUT2D eigenvalue weighted by atomic mass is 10.2. The molecule has 1 rings (SSSR count). The fourth-order valence-electron chi connectivity index (χ4n) is 1.57. The van der Waals surface area contributed by atoms with Gasteiger partial charge in [-0.3, -0.25) is 0 Å². The van der Waals surface area contributed by atoms with Crippen LogP contribution in [0.15, 0.2) is 0 Å². The standard InChI is InChI=1S/C11H19NO3/c1-3-4-9-15-10(14)12(2)11(5-6-11)7-8-13/h8H,3-7,9H2,1-2H3. The SMILES string of the molecule is CCCCOC(=O)N(C)C1(CC=O)CC1. The lowest BCUT2D eigenvalue weighted by Crippen LogP contribution is -2.39. The van der Waals surface area contributed by atoms with Crippen molar-refractivity contribution in [3.63, 3.8) is 0 Å². The second-order valence-electron chi connectivity index (χ2n) is 4.12. The number of rotatable bonds is 6. The molecule has 15 heavy (non-hydrogen) atoms. The lowest BCUT2D eigenvalue weighted by Gasteiger charge is -2.25. The molecule has 0 aromatic rings. The van der Waals surface area contributed by atoms with E-state index in [1.54, 1.807) is 11.9 Å². The molecule has 0 saturated heterocycles. The normalized spacial score (nSPS) is 16.9. The van der Waals surface area contributed by atoms with Crippen LogP contribution >= 0.6 is 0 Å². The highest BCUT2D eigenvalue weighted by Crippen LogP contribution is 2.43. The number of hydrogen-bond acceptors (Lipinski definition) is 3. The van der Waals surface area contributed by atoms with E-state index in [1.807, 2.05) is 6.92 Å². The maximum atomic E-state index is 11.6. The molecule has 1 amide bonds. The molecule has 1 saturated carbocycles. The number of aldehydes is 1. The van der Waals surface area contributed by atoms with E-state index in [1.165, 1.54) is 0 Å². The first kappa shape index (κ1) is 12.0. The van der Waals surface area contributed by atoms with Crippen LogP contribution in [0.4, 0.5) is 4.79 Å². The van der Waals surface area contributed by atoms with Crippen LogP contribution in [-0.4, -0.2) is 36.5 Å². The highest BCUT2D eigenvalue weighted by molar-refractivity contribution is 5.70. The third-order valence-corrected chi connectivity index (χ3v) is 3.00. The molecule has 0 unspecified atom stereocenters. The van der Waals surface area contributed by atoms with Gasteiger partial charge >= 0.3 is 6.09 Å². The van der Waals surface area contributed by atoms with Gasteiger partial charge in [0.1, 0.15) is 6.29 Å². The quantitative estimate of drug-likeness (QED) is 0.500. The Hall–Kier alpha value is -1.06. The molecule has 1 fully saturated rings. The van der Waals surface area contributed by atoms with Crippen LogP contribution in [-0.2, 0) is 9.53 Å². The van der Waals surface area contributed by atoms with Gasteiger partial charge in [-0.2, -0.15) is 0 Å². The first-order valence-electron chi connectivity index (χ1n) is 5.50. The Bertz CT molecular complexity index is 236. The Labute approximate surface area is 90.6 Å². The maximum Gasteiger partial charge on any atom is 0.409 e. The van der Waals surface area contributed by atoms with Crippen LogP contribution in [0.25, 0.3) is 0 Å². The van der Waals surface area contributed by atoms with Crippen molar-refractivity contribution in [2.45, 2.75) is 44.6 Å². The molecule has 0 radical (unpaired) electrons. The molecule has 0 aromatic carbocycles. The first-order valence-corrected chi connectivity index (χ1v) is 5.50. The van der Waals surface area contributed by atoms with Crippen LogP contribution in [0.3, 0.4) is 0 Å². The fourth-order valence-corrected chi connectivity index (χ4v) is 1.57. The Morgan fingerprint density at radius 1 is 1.53 bits per heavy atom. The van der Waals surface area contributed by atoms with Gasteiger partial charge in [-0.05, 0) is 19.3 Å². The monoisotopic (exact) mass is 213 g/mol. The van der Waals surface area contributed by atoms with E-state index < -0.39 is 0 Å². The minimum atomic E-state index is -0.303. The molecule has 0 N–H and O–H groups in total. The summed E-state index contributed by atoms with van der Waals surface area (Å²) in [5.74, 6) is 0. The summed E-state index contributed by atoms with van der Waals surface area (Å²) in [6, 6.07) is 0. The van der Waals surface area contributed by atoms with Gasteiger partial charge in [-0.1, -0.05) is 13.3 Å². The highest BCUT2D eigenvalue weighted by Gasteiger charge is 2.48. The van der Waals surface area contributed by atoms with Crippen LogP contribution in [0.5, 0.6) is 0 Å². The molecular weight excluding hydrogens is 194 g/mol. The molecule has 1 aliphatic carbocycles. The lowest BCUT2D eigenvalue weighted by molar-refractivity contribution is -0.109. The van der Waals surface area contributed by atoms with Crippen molar-refractivity contribution in [2.75, 3.05) is 13.7 Å². The van der Waals surface area contributed by atoms with Crippen LogP contribution in [0, 0.1) is 0 Å². The number of carbonyl (C=O) groups excluding carboxylic acids is 2. The molecule has 4 heteroatoms. The number of amides is 1. The topological polar surface area (TPSA) is 46.6 Å². The summed E-state index contributed by atoms with van der Waals surface area (Å²) in [5, 5.41) is 0. The second-order valence-corrected chi connectivity index (χ2v) is 4.12. The predicted octanol–water partition coefficient (Wildman–Crippen LogP) is 1.98. The highest BCUT2D eigenvalue weighted by atomic mass is 16.6. The van der Waals surface area contributed by atoms with E-state index in [-0.39, 0.29) is 11.6 Å². The molecule has 0 atom stereocenters. The van der Waals surface area contributed by atoms with Crippen molar-refractivity contribution in [3.8, 4) is 0 Å². The zero-order valence-corrected chi connectivity index (χ0v) is 9.49. The molecule has 1 aliphatic rings. The molecule has 0 aliphatic heterocycles. The van der Waals surface area contributed by atoms with E-state index in [9.17, 15) is 9.59 Å². The third kappa shape index (κ3) is 2.94. The maximum absolute atomic E-state index is 11.6. The van der Waals surface area contributed by atoms with Gasteiger partial charge < -0.3 is 14.4 Å². The van der Waals surface area contributed by atoms with Crippen molar-refractivity contribution in [3.05, 3.63) is 0 Å². The van der Waals surface area contributed by atoms with Crippen LogP contribution in [0.2, 0.25) is 0 Å². The van der Waals surface area contributed by atoms with Crippen molar-refractivity contribution >= 4 is 12.4 Å². The Kier molecular flexibility index (Phi) is 4.12. The van der Waals surface area contributed by atoms with Gasteiger partial charge in [0.05, 0.1) is 12.1 Å². The van der Waals surface area contributed by atoms with E-state index in [0.717, 1.165) is 32.0 Å². The molecule has 4 nitrogen and oxygen atoms in total. The average Bonchev–Trinajstić information content (AvgIpc) is 2.99. The Morgan fingerprint density at radius 2 is 2.20 bits per heavy atom.